The Hall–Kier alpha value is -3.10. The fourth-order valence-corrected chi connectivity index (χ4v) is 3.86. The van der Waals surface area contributed by atoms with E-state index in [4.69, 9.17) is 4.74 Å². The first-order valence-corrected chi connectivity index (χ1v) is 10.6. The van der Waals surface area contributed by atoms with Crippen LogP contribution in [0, 0.1) is 0 Å². The fourth-order valence-electron chi connectivity index (χ4n) is 3.86. The summed E-state index contributed by atoms with van der Waals surface area (Å²) in [5, 5.41) is 21.2. The molecule has 1 fully saturated rings. The van der Waals surface area contributed by atoms with Crippen molar-refractivity contribution >= 4 is 5.91 Å². The van der Waals surface area contributed by atoms with Gasteiger partial charge in [-0.25, -0.2) is 0 Å². The normalized spacial score (nSPS) is 21.0. The Kier molecular flexibility index (Phi) is 7.01. The summed E-state index contributed by atoms with van der Waals surface area (Å²) in [5.41, 5.74) is 2.50. The number of aromatic nitrogens is 4. The summed E-state index contributed by atoms with van der Waals surface area (Å²) in [7, 11) is 0. The minimum absolute atomic E-state index is 0.00178. The number of amides is 1. The third-order valence-corrected chi connectivity index (χ3v) is 5.50. The first kappa shape index (κ1) is 21.1. The van der Waals surface area contributed by atoms with Crippen LogP contribution in [-0.4, -0.2) is 55.8 Å². The standard InChI is InChI=1S/C23H27N5O3/c29-16-22-20(25-23(30)21-8-4-5-12-24-21)10-9-19(31-22)11-13-28-15-18(26-27-28)14-17-6-2-1-3-7-17/h1-8,12,15,19-20,22,29H,9-11,13-14,16H2,(H,25,30)/t19-,20+,22+/m1/s1. The van der Waals surface area contributed by atoms with Gasteiger partial charge in [0.1, 0.15) is 11.8 Å². The van der Waals surface area contributed by atoms with Gasteiger partial charge in [-0.05, 0) is 37.0 Å². The lowest BCUT2D eigenvalue weighted by Crippen LogP contribution is -2.51. The molecule has 0 aliphatic carbocycles. The van der Waals surface area contributed by atoms with E-state index in [-0.39, 0.29) is 24.7 Å². The number of pyridine rings is 1. The van der Waals surface area contributed by atoms with Crippen molar-refractivity contribution in [2.45, 2.75) is 50.5 Å². The smallest absolute Gasteiger partial charge is 0.270 e. The molecule has 8 heteroatoms. The molecule has 0 saturated carbocycles. The number of benzene rings is 1. The van der Waals surface area contributed by atoms with E-state index in [0.29, 0.717) is 12.2 Å². The molecule has 8 nitrogen and oxygen atoms in total. The molecule has 0 radical (unpaired) electrons. The first-order chi connectivity index (χ1) is 15.2. The lowest BCUT2D eigenvalue weighted by molar-refractivity contribution is -0.0912. The van der Waals surface area contributed by atoms with Gasteiger partial charge in [0.05, 0.1) is 24.4 Å². The molecule has 0 spiro atoms. The Labute approximate surface area is 181 Å². The molecule has 2 N–H and O–H groups in total. The predicted molar refractivity (Wildman–Crippen MR) is 114 cm³/mol. The van der Waals surface area contributed by atoms with Crippen LogP contribution >= 0.6 is 0 Å². The Morgan fingerprint density at radius 2 is 2.00 bits per heavy atom. The number of hydrogen-bond donors (Lipinski definition) is 2. The quantitative estimate of drug-likeness (QED) is 0.577. The highest BCUT2D eigenvalue weighted by molar-refractivity contribution is 5.92. The van der Waals surface area contributed by atoms with E-state index in [0.717, 1.165) is 31.4 Å². The van der Waals surface area contributed by atoms with Gasteiger partial charge in [0.15, 0.2) is 0 Å². The van der Waals surface area contributed by atoms with Crippen molar-refractivity contribution in [3.63, 3.8) is 0 Å². The van der Waals surface area contributed by atoms with E-state index < -0.39 is 6.10 Å². The zero-order chi connectivity index (χ0) is 21.5. The van der Waals surface area contributed by atoms with Crippen LogP contribution in [-0.2, 0) is 17.7 Å². The molecule has 3 aromatic rings. The summed E-state index contributed by atoms with van der Waals surface area (Å²) in [6.45, 7) is 0.545. The summed E-state index contributed by atoms with van der Waals surface area (Å²) >= 11 is 0. The van der Waals surface area contributed by atoms with E-state index in [2.05, 4.69) is 32.7 Å². The second-order valence-electron chi connectivity index (χ2n) is 7.78. The summed E-state index contributed by atoms with van der Waals surface area (Å²) in [6, 6.07) is 15.2. The van der Waals surface area contributed by atoms with Crippen LogP contribution in [0.1, 0.15) is 41.0 Å². The molecule has 1 aliphatic heterocycles. The number of ether oxygens (including phenoxy) is 1. The van der Waals surface area contributed by atoms with Gasteiger partial charge in [-0.2, -0.15) is 0 Å². The van der Waals surface area contributed by atoms with Crippen LogP contribution in [0.25, 0.3) is 0 Å². The zero-order valence-corrected chi connectivity index (χ0v) is 17.3. The second kappa shape index (κ2) is 10.3. The number of aryl methyl sites for hydroxylation is 1. The predicted octanol–water partition coefficient (Wildman–Crippen LogP) is 1.99. The van der Waals surface area contributed by atoms with Crippen LogP contribution < -0.4 is 5.32 Å². The molecule has 1 amide bonds. The molecule has 1 aromatic carbocycles. The van der Waals surface area contributed by atoms with Gasteiger partial charge in [0.25, 0.3) is 5.91 Å². The molecule has 0 bridgehead atoms. The van der Waals surface area contributed by atoms with Crippen molar-refractivity contribution in [1.29, 1.82) is 0 Å². The topological polar surface area (TPSA) is 102 Å². The van der Waals surface area contributed by atoms with E-state index in [1.54, 1.807) is 24.4 Å². The minimum atomic E-state index is -0.434. The van der Waals surface area contributed by atoms with Crippen LogP contribution in [0.5, 0.6) is 0 Å². The van der Waals surface area contributed by atoms with Gasteiger partial charge in [0, 0.05) is 25.4 Å². The summed E-state index contributed by atoms with van der Waals surface area (Å²) < 4.78 is 7.90. The second-order valence-corrected chi connectivity index (χ2v) is 7.78. The Morgan fingerprint density at radius 3 is 2.77 bits per heavy atom. The highest BCUT2D eigenvalue weighted by Gasteiger charge is 2.32. The average Bonchev–Trinajstić information content (AvgIpc) is 3.26. The SMILES string of the molecule is O=C(N[C@H]1CC[C@H](CCn2cc(Cc3ccccc3)nn2)O[C@H]1CO)c1ccccn1. The van der Waals surface area contributed by atoms with Crippen LogP contribution in [0.15, 0.2) is 60.9 Å². The largest absolute Gasteiger partial charge is 0.394 e. The highest BCUT2D eigenvalue weighted by Crippen LogP contribution is 2.22. The lowest BCUT2D eigenvalue weighted by atomic mass is 9.97. The molecule has 0 unspecified atom stereocenters. The number of nitrogens with zero attached hydrogens (tertiary/aromatic N) is 4. The van der Waals surface area contributed by atoms with Gasteiger partial charge < -0.3 is 15.2 Å². The van der Waals surface area contributed by atoms with Crippen LogP contribution in [0.3, 0.4) is 0 Å². The van der Waals surface area contributed by atoms with Gasteiger partial charge >= 0.3 is 0 Å². The van der Waals surface area contributed by atoms with E-state index in [9.17, 15) is 9.90 Å². The Balaban J connectivity index is 1.26. The minimum Gasteiger partial charge on any atom is -0.394 e. The molecule has 3 atom stereocenters. The van der Waals surface area contributed by atoms with Gasteiger partial charge in [-0.1, -0.05) is 41.6 Å². The van der Waals surface area contributed by atoms with Crippen LogP contribution in [0.2, 0.25) is 0 Å². The summed E-state index contributed by atoms with van der Waals surface area (Å²) in [5.74, 6) is -0.250. The zero-order valence-electron chi connectivity index (χ0n) is 17.3. The molecule has 4 rings (SSSR count). The van der Waals surface area contributed by atoms with Crippen molar-refractivity contribution < 1.29 is 14.6 Å². The van der Waals surface area contributed by atoms with E-state index in [1.807, 2.05) is 29.1 Å². The number of aliphatic hydroxyl groups is 1. The van der Waals surface area contributed by atoms with Crippen molar-refractivity contribution in [2.24, 2.45) is 0 Å². The summed E-state index contributed by atoms with van der Waals surface area (Å²) in [6.07, 6.45) is 6.19. The number of rotatable bonds is 8. The third-order valence-electron chi connectivity index (χ3n) is 5.50. The molecular formula is C23H27N5O3. The van der Waals surface area contributed by atoms with E-state index in [1.165, 1.54) is 5.56 Å². The molecule has 1 aliphatic rings. The maximum atomic E-state index is 12.4. The number of carbonyl (C=O) groups is 1. The van der Waals surface area contributed by atoms with E-state index >= 15 is 0 Å². The number of hydrogen-bond acceptors (Lipinski definition) is 6. The molecule has 3 heterocycles. The first-order valence-electron chi connectivity index (χ1n) is 10.6. The number of carbonyl (C=O) groups excluding carboxylic acids is 1. The molecular weight excluding hydrogens is 394 g/mol. The molecule has 2 aromatic heterocycles. The monoisotopic (exact) mass is 421 g/mol. The molecule has 1 saturated heterocycles. The van der Waals surface area contributed by atoms with Gasteiger partial charge in [0.2, 0.25) is 0 Å². The lowest BCUT2D eigenvalue weighted by Gasteiger charge is -2.36. The molecule has 162 valence electrons. The van der Waals surface area contributed by atoms with Gasteiger partial charge in [-0.3, -0.25) is 14.5 Å². The van der Waals surface area contributed by atoms with Crippen molar-refractivity contribution in [1.82, 2.24) is 25.3 Å². The fraction of sp³-hybridized carbons (Fsp3) is 0.391. The Morgan fingerprint density at radius 1 is 1.16 bits per heavy atom. The van der Waals surface area contributed by atoms with Crippen molar-refractivity contribution in [3.05, 3.63) is 77.9 Å². The average molecular weight is 422 g/mol. The summed E-state index contributed by atoms with van der Waals surface area (Å²) in [4.78, 5) is 16.4. The highest BCUT2D eigenvalue weighted by atomic mass is 16.5. The van der Waals surface area contributed by atoms with Crippen molar-refractivity contribution in [3.8, 4) is 0 Å². The van der Waals surface area contributed by atoms with Gasteiger partial charge in [-0.15, -0.1) is 5.10 Å². The number of nitrogens with one attached hydrogen (secondary N) is 1. The Bertz CT molecular complexity index is 964. The third kappa shape index (κ3) is 5.74. The maximum Gasteiger partial charge on any atom is 0.270 e. The van der Waals surface area contributed by atoms with Crippen LogP contribution in [0.4, 0.5) is 0 Å². The molecule has 31 heavy (non-hydrogen) atoms. The number of aliphatic hydroxyl groups excluding tert-OH is 1. The van der Waals surface area contributed by atoms with Crippen molar-refractivity contribution in [2.75, 3.05) is 6.61 Å². The maximum absolute atomic E-state index is 12.4.